The van der Waals surface area contributed by atoms with E-state index in [1.807, 2.05) is 12.1 Å². The summed E-state index contributed by atoms with van der Waals surface area (Å²) in [6.45, 7) is 1.42. The molecule has 1 N–H and O–H groups in total. The minimum atomic E-state index is -0.171. The number of carbonyl (C=O) groups is 1. The molecule has 0 aliphatic rings. The van der Waals surface area contributed by atoms with Gasteiger partial charge in [0.1, 0.15) is 5.75 Å². The van der Waals surface area contributed by atoms with Crippen LogP contribution in [0.25, 0.3) is 0 Å². The van der Waals surface area contributed by atoms with Crippen molar-refractivity contribution in [3.63, 3.8) is 0 Å². The first kappa shape index (κ1) is 10.8. The maximum atomic E-state index is 11.2. The standard InChI is InChI=1S/C10H8BrN3O2/c1-6(15)9-10(13-14-12-9)16-8-4-2-3-7(11)5-8/h2-5H,1H3,(H,12,13,14). The van der Waals surface area contributed by atoms with Crippen LogP contribution in [-0.4, -0.2) is 21.2 Å². The summed E-state index contributed by atoms with van der Waals surface area (Å²) in [4.78, 5) is 11.2. The van der Waals surface area contributed by atoms with Crippen LogP contribution < -0.4 is 4.74 Å². The average molecular weight is 282 g/mol. The zero-order valence-electron chi connectivity index (χ0n) is 8.40. The van der Waals surface area contributed by atoms with Crippen molar-refractivity contribution >= 4 is 21.7 Å². The first-order chi connectivity index (χ1) is 7.66. The number of rotatable bonds is 3. The fraction of sp³-hybridized carbons (Fsp3) is 0.100. The van der Waals surface area contributed by atoms with Crippen molar-refractivity contribution in [1.29, 1.82) is 0 Å². The molecule has 0 atom stereocenters. The monoisotopic (exact) mass is 281 g/mol. The Labute approximate surface area is 99.9 Å². The fourth-order valence-electron chi connectivity index (χ4n) is 1.16. The number of Topliss-reactive ketones (excluding diaryl/α,β-unsaturated/α-hetero) is 1. The SMILES string of the molecule is CC(=O)c1[nH]nnc1Oc1cccc(Br)c1. The molecule has 0 aliphatic carbocycles. The lowest BCUT2D eigenvalue weighted by atomic mass is 10.3. The van der Waals surface area contributed by atoms with Crippen molar-refractivity contribution < 1.29 is 9.53 Å². The number of H-pyrrole nitrogens is 1. The van der Waals surface area contributed by atoms with Gasteiger partial charge in [-0.2, -0.15) is 0 Å². The molecule has 6 heteroatoms. The molecule has 1 heterocycles. The normalized spacial score (nSPS) is 10.1. The Morgan fingerprint density at radius 3 is 3.00 bits per heavy atom. The highest BCUT2D eigenvalue weighted by Gasteiger charge is 2.13. The van der Waals surface area contributed by atoms with E-state index < -0.39 is 0 Å². The molecule has 0 bridgehead atoms. The summed E-state index contributed by atoms with van der Waals surface area (Å²) >= 11 is 3.32. The van der Waals surface area contributed by atoms with Crippen LogP contribution in [0, 0.1) is 0 Å². The van der Waals surface area contributed by atoms with Gasteiger partial charge in [0.05, 0.1) is 0 Å². The van der Waals surface area contributed by atoms with Crippen LogP contribution in [0.5, 0.6) is 11.6 Å². The molecule has 0 radical (unpaired) electrons. The highest BCUT2D eigenvalue weighted by molar-refractivity contribution is 9.10. The molecular weight excluding hydrogens is 274 g/mol. The lowest BCUT2D eigenvalue weighted by Gasteiger charge is -2.02. The summed E-state index contributed by atoms with van der Waals surface area (Å²) in [7, 11) is 0. The number of ketones is 1. The predicted octanol–water partition coefficient (Wildman–Crippen LogP) is 2.56. The first-order valence-electron chi connectivity index (χ1n) is 4.52. The number of carbonyl (C=O) groups excluding carboxylic acids is 1. The molecule has 2 rings (SSSR count). The number of halogens is 1. The first-order valence-corrected chi connectivity index (χ1v) is 5.31. The van der Waals surface area contributed by atoms with Crippen molar-refractivity contribution in [2.75, 3.05) is 0 Å². The van der Waals surface area contributed by atoms with E-state index in [9.17, 15) is 4.79 Å². The minimum absolute atomic E-state index is 0.171. The van der Waals surface area contributed by atoms with Crippen molar-refractivity contribution in [1.82, 2.24) is 15.4 Å². The van der Waals surface area contributed by atoms with Gasteiger partial charge in [-0.3, -0.25) is 9.89 Å². The number of aromatic amines is 1. The van der Waals surface area contributed by atoms with E-state index in [2.05, 4.69) is 31.3 Å². The van der Waals surface area contributed by atoms with Crippen LogP contribution in [-0.2, 0) is 0 Å². The van der Waals surface area contributed by atoms with Crippen LogP contribution in [0.2, 0.25) is 0 Å². The summed E-state index contributed by atoms with van der Waals surface area (Å²) in [5, 5.41) is 9.72. The lowest BCUT2D eigenvalue weighted by Crippen LogP contribution is -1.96. The van der Waals surface area contributed by atoms with Gasteiger partial charge >= 0.3 is 0 Å². The summed E-state index contributed by atoms with van der Waals surface area (Å²) in [5.41, 5.74) is 0.264. The molecule has 0 spiro atoms. The number of ether oxygens (including phenoxy) is 1. The zero-order valence-corrected chi connectivity index (χ0v) is 9.98. The van der Waals surface area contributed by atoms with Crippen molar-refractivity contribution in [2.24, 2.45) is 0 Å². The van der Waals surface area contributed by atoms with Crippen LogP contribution in [0.1, 0.15) is 17.4 Å². The molecule has 16 heavy (non-hydrogen) atoms. The maximum Gasteiger partial charge on any atom is 0.269 e. The van der Waals surface area contributed by atoms with Crippen LogP contribution >= 0.6 is 15.9 Å². The third kappa shape index (κ3) is 2.27. The number of aromatic nitrogens is 3. The van der Waals surface area contributed by atoms with Gasteiger partial charge in [-0.15, -0.1) is 0 Å². The molecule has 0 unspecified atom stereocenters. The zero-order chi connectivity index (χ0) is 11.5. The Morgan fingerprint density at radius 1 is 1.50 bits per heavy atom. The summed E-state index contributed by atoms with van der Waals surface area (Å²) < 4.78 is 6.32. The number of hydrogen-bond donors (Lipinski definition) is 1. The molecule has 0 amide bonds. The lowest BCUT2D eigenvalue weighted by molar-refractivity contribution is 0.101. The van der Waals surface area contributed by atoms with E-state index in [4.69, 9.17) is 4.74 Å². The fourth-order valence-corrected chi connectivity index (χ4v) is 1.54. The van der Waals surface area contributed by atoms with E-state index in [1.54, 1.807) is 12.1 Å². The summed E-state index contributed by atoms with van der Waals surface area (Å²) in [6, 6.07) is 7.25. The second-order valence-electron chi connectivity index (χ2n) is 3.11. The van der Waals surface area contributed by atoms with Gasteiger partial charge in [0, 0.05) is 11.4 Å². The van der Waals surface area contributed by atoms with E-state index in [-0.39, 0.29) is 17.4 Å². The number of benzene rings is 1. The van der Waals surface area contributed by atoms with Crippen LogP contribution in [0.4, 0.5) is 0 Å². The van der Waals surface area contributed by atoms with E-state index in [0.717, 1.165) is 4.47 Å². The molecule has 0 fully saturated rings. The largest absolute Gasteiger partial charge is 0.436 e. The molecule has 0 saturated heterocycles. The van der Waals surface area contributed by atoms with Crippen molar-refractivity contribution in [3.05, 3.63) is 34.4 Å². The van der Waals surface area contributed by atoms with Crippen LogP contribution in [0.15, 0.2) is 28.7 Å². The third-order valence-corrected chi connectivity index (χ3v) is 2.37. The Morgan fingerprint density at radius 2 is 2.31 bits per heavy atom. The highest BCUT2D eigenvalue weighted by Crippen LogP contribution is 2.24. The average Bonchev–Trinajstić information content (AvgIpc) is 2.66. The summed E-state index contributed by atoms with van der Waals surface area (Å²) in [6.07, 6.45) is 0. The maximum absolute atomic E-state index is 11.2. The number of nitrogens with one attached hydrogen (secondary N) is 1. The Balaban J connectivity index is 2.27. The summed E-state index contributed by atoms with van der Waals surface area (Å²) in [5.74, 6) is 0.603. The Bertz CT molecular complexity index is 524. The number of hydrogen-bond acceptors (Lipinski definition) is 4. The highest BCUT2D eigenvalue weighted by atomic mass is 79.9. The van der Waals surface area contributed by atoms with E-state index in [1.165, 1.54) is 6.92 Å². The van der Waals surface area contributed by atoms with Gasteiger partial charge in [0.15, 0.2) is 11.5 Å². The van der Waals surface area contributed by atoms with E-state index in [0.29, 0.717) is 5.75 Å². The molecular formula is C10H8BrN3O2. The van der Waals surface area contributed by atoms with Gasteiger partial charge in [0.2, 0.25) is 0 Å². The van der Waals surface area contributed by atoms with Gasteiger partial charge in [-0.25, -0.2) is 0 Å². The molecule has 1 aromatic heterocycles. The van der Waals surface area contributed by atoms with Crippen LogP contribution in [0.3, 0.4) is 0 Å². The molecule has 2 aromatic rings. The van der Waals surface area contributed by atoms with Gasteiger partial charge < -0.3 is 4.74 Å². The second kappa shape index (κ2) is 4.44. The molecule has 0 saturated carbocycles. The van der Waals surface area contributed by atoms with Gasteiger partial charge in [-0.05, 0) is 18.2 Å². The van der Waals surface area contributed by atoms with Crippen molar-refractivity contribution in [3.8, 4) is 11.6 Å². The number of nitrogens with zero attached hydrogens (tertiary/aromatic N) is 2. The molecule has 0 aliphatic heterocycles. The van der Waals surface area contributed by atoms with E-state index >= 15 is 0 Å². The Kier molecular flexibility index (Phi) is 3.00. The second-order valence-corrected chi connectivity index (χ2v) is 4.02. The molecule has 82 valence electrons. The third-order valence-electron chi connectivity index (χ3n) is 1.88. The van der Waals surface area contributed by atoms with Crippen molar-refractivity contribution in [2.45, 2.75) is 6.92 Å². The van der Waals surface area contributed by atoms with Gasteiger partial charge in [-0.1, -0.05) is 32.3 Å². The quantitative estimate of drug-likeness (QED) is 0.878. The van der Waals surface area contributed by atoms with Gasteiger partial charge in [0.25, 0.3) is 5.88 Å². The molecule has 1 aromatic carbocycles. The Hall–Kier alpha value is -1.69. The molecule has 5 nitrogen and oxygen atoms in total. The minimum Gasteiger partial charge on any atom is -0.436 e. The smallest absolute Gasteiger partial charge is 0.269 e. The topological polar surface area (TPSA) is 67.9 Å². The predicted molar refractivity (Wildman–Crippen MR) is 60.6 cm³/mol.